The van der Waals surface area contributed by atoms with Crippen LogP contribution in [0.2, 0.25) is 0 Å². The van der Waals surface area contributed by atoms with Crippen molar-refractivity contribution in [3.63, 3.8) is 0 Å². The standard InChI is InChI=1S/2C6H5.C5H5.2C3H9P.V/c2*1-2-4-6-5-3-1;1-2-4-5-3-1;2*1-4(2)3;/h2*1-5H;1-5H;2*1-3H3;/q2*-1;;;;+2. The van der Waals surface area contributed by atoms with Gasteiger partial charge in [0.15, 0.2) is 0 Å². The van der Waals surface area contributed by atoms with Gasteiger partial charge in [0.2, 0.25) is 0 Å². The molecule has 0 spiro atoms. The molecule has 0 fully saturated rings. The molecule has 0 amide bonds. The van der Waals surface area contributed by atoms with Gasteiger partial charge in [0, 0.05) is 6.42 Å². The van der Waals surface area contributed by atoms with Crippen molar-refractivity contribution in [1.82, 2.24) is 0 Å². The fourth-order valence-electron chi connectivity index (χ4n) is 1.00. The number of benzene rings is 2. The summed E-state index contributed by atoms with van der Waals surface area (Å²) in [5.41, 5.74) is 0. The van der Waals surface area contributed by atoms with E-state index in [1.165, 1.54) is 0 Å². The molecule has 3 rings (SSSR count). The molecule has 26 heavy (non-hydrogen) atoms. The van der Waals surface area contributed by atoms with Gasteiger partial charge in [-0.15, -0.1) is 15.8 Å². The van der Waals surface area contributed by atoms with E-state index in [1.807, 2.05) is 91.4 Å². The van der Waals surface area contributed by atoms with Crippen LogP contribution in [-0.4, -0.2) is 40.0 Å². The molecular formula is C23H33P2V. The molecule has 0 nitrogen and oxygen atoms in total. The van der Waals surface area contributed by atoms with Gasteiger partial charge in [-0.3, -0.25) is 0 Å². The normalized spacial score (nSPS) is 9.85. The molecule has 0 saturated heterocycles. The van der Waals surface area contributed by atoms with Crippen molar-refractivity contribution in [2.75, 3.05) is 40.0 Å². The third kappa shape index (κ3) is 43.6. The van der Waals surface area contributed by atoms with Crippen molar-refractivity contribution < 1.29 is 18.6 Å². The van der Waals surface area contributed by atoms with E-state index in [2.05, 4.69) is 52.1 Å². The van der Waals surface area contributed by atoms with Crippen molar-refractivity contribution in [3.05, 3.63) is 104 Å². The smallest absolute Gasteiger partial charge is 0.184 e. The van der Waals surface area contributed by atoms with Crippen molar-refractivity contribution in [2.45, 2.75) is 0 Å². The van der Waals surface area contributed by atoms with Gasteiger partial charge in [0.05, 0.1) is 0 Å². The Morgan fingerprint density at radius 2 is 0.731 bits per heavy atom. The van der Waals surface area contributed by atoms with E-state index in [4.69, 9.17) is 0 Å². The summed E-state index contributed by atoms with van der Waals surface area (Å²) >= 11 is 0. The van der Waals surface area contributed by atoms with Crippen molar-refractivity contribution >= 4 is 15.8 Å². The largest absolute Gasteiger partial charge is 2.00 e. The van der Waals surface area contributed by atoms with Gasteiger partial charge < -0.3 is 0 Å². The monoisotopic (exact) mass is 422 g/mol. The first-order valence-electron chi connectivity index (χ1n) is 8.17. The maximum absolute atomic E-state index is 2.89. The van der Waals surface area contributed by atoms with Crippen LogP contribution in [0.25, 0.3) is 0 Å². The maximum Gasteiger partial charge on any atom is 2.00 e. The molecule has 1 aliphatic carbocycles. The van der Waals surface area contributed by atoms with Crippen molar-refractivity contribution in [2.24, 2.45) is 0 Å². The van der Waals surface area contributed by atoms with E-state index < -0.39 is 0 Å². The van der Waals surface area contributed by atoms with Crippen LogP contribution in [0.3, 0.4) is 0 Å². The van der Waals surface area contributed by atoms with E-state index in [1.54, 1.807) is 0 Å². The molecule has 0 bridgehead atoms. The van der Waals surface area contributed by atoms with Gasteiger partial charge in [-0.05, 0) is 40.0 Å². The topological polar surface area (TPSA) is 0 Å². The second kappa shape index (κ2) is 26.6. The molecule has 0 atom stereocenters. The van der Waals surface area contributed by atoms with Crippen LogP contribution in [-0.2, 0) is 18.6 Å². The Kier molecular flexibility index (Phi) is 30.8. The Morgan fingerprint density at radius 3 is 0.808 bits per heavy atom. The maximum atomic E-state index is 2.89. The molecule has 0 heterocycles. The molecule has 2 aromatic carbocycles. The third-order valence-corrected chi connectivity index (χ3v) is 1.77. The summed E-state index contributed by atoms with van der Waals surface area (Å²) in [5, 5.41) is 0. The minimum atomic E-state index is 0. The van der Waals surface area contributed by atoms with Crippen LogP contribution in [0, 0.1) is 18.6 Å². The quantitative estimate of drug-likeness (QED) is 0.317. The predicted octanol–water partition coefficient (Wildman–Crippen LogP) is 7.00. The molecular weight excluding hydrogens is 389 g/mol. The van der Waals surface area contributed by atoms with Crippen molar-refractivity contribution in [3.8, 4) is 0 Å². The van der Waals surface area contributed by atoms with E-state index in [9.17, 15) is 0 Å². The van der Waals surface area contributed by atoms with Gasteiger partial charge in [-0.25, -0.2) is 0 Å². The summed E-state index contributed by atoms with van der Waals surface area (Å²) in [6.07, 6.45) is 10.0. The third-order valence-electron chi connectivity index (χ3n) is 1.77. The summed E-state index contributed by atoms with van der Waals surface area (Å²) in [5.74, 6) is 0. The van der Waals surface area contributed by atoms with Gasteiger partial charge >= 0.3 is 18.6 Å². The first-order chi connectivity index (χ1) is 12.0. The fourth-order valence-corrected chi connectivity index (χ4v) is 1.00. The molecule has 1 aliphatic rings. The number of rotatable bonds is 0. The van der Waals surface area contributed by atoms with Crippen LogP contribution >= 0.6 is 15.8 Å². The zero-order chi connectivity index (χ0) is 19.2. The summed E-state index contributed by atoms with van der Waals surface area (Å²) in [6, 6.07) is 25.0. The second-order valence-electron chi connectivity index (χ2n) is 5.80. The summed E-state index contributed by atoms with van der Waals surface area (Å²) in [7, 11) is 0.759. The Balaban J connectivity index is -0.000000255. The molecule has 2 radical (unpaired) electrons. The second-order valence-corrected chi connectivity index (χ2v) is 11.2. The van der Waals surface area contributed by atoms with Crippen molar-refractivity contribution in [1.29, 1.82) is 0 Å². The molecule has 0 aromatic heterocycles. The number of allylic oxidation sites excluding steroid dienone is 4. The zero-order valence-electron chi connectivity index (χ0n) is 17.0. The SMILES string of the molecule is CP(C)C.CP(C)C.[CH]1C=CC=C1.[V+2].[c-]1ccccc1.[c-]1ccccc1. The number of hydrogen-bond donors (Lipinski definition) is 0. The molecule has 0 unspecified atom stereocenters. The molecule has 2 aromatic rings. The minimum absolute atomic E-state index is 0. The Labute approximate surface area is 177 Å². The number of hydrogen-bond acceptors (Lipinski definition) is 0. The molecule has 0 N–H and O–H groups in total. The van der Waals surface area contributed by atoms with Crippen LogP contribution in [0.5, 0.6) is 0 Å². The van der Waals surface area contributed by atoms with Crippen LogP contribution in [0.15, 0.2) is 85.0 Å². The van der Waals surface area contributed by atoms with Crippen LogP contribution < -0.4 is 0 Å². The van der Waals surface area contributed by atoms with Crippen LogP contribution in [0.4, 0.5) is 0 Å². The fraction of sp³-hybridized carbons (Fsp3) is 0.261. The summed E-state index contributed by atoms with van der Waals surface area (Å²) < 4.78 is 0. The predicted molar refractivity (Wildman–Crippen MR) is 123 cm³/mol. The Morgan fingerprint density at radius 1 is 0.462 bits per heavy atom. The summed E-state index contributed by atoms with van der Waals surface area (Å²) in [6.45, 7) is 13.4. The Bertz CT molecular complexity index is 388. The van der Waals surface area contributed by atoms with Gasteiger partial charge in [-0.1, -0.05) is 24.3 Å². The Hall–Kier alpha value is -0.636. The van der Waals surface area contributed by atoms with E-state index in [0.29, 0.717) is 15.8 Å². The zero-order valence-corrected chi connectivity index (χ0v) is 20.2. The first kappa shape index (κ1) is 30.1. The van der Waals surface area contributed by atoms with Gasteiger partial charge in [0.25, 0.3) is 0 Å². The minimum Gasteiger partial charge on any atom is -0.184 e. The summed E-state index contributed by atoms with van der Waals surface area (Å²) in [4.78, 5) is 0. The van der Waals surface area contributed by atoms with E-state index >= 15 is 0 Å². The molecule has 0 saturated carbocycles. The van der Waals surface area contributed by atoms with E-state index in [0.717, 1.165) is 0 Å². The van der Waals surface area contributed by atoms with Gasteiger partial charge in [0.1, 0.15) is 0 Å². The molecule has 3 heteroatoms. The average Bonchev–Trinajstić information content (AvgIpc) is 3.17. The molecule has 0 aliphatic heterocycles. The van der Waals surface area contributed by atoms with Gasteiger partial charge in [-0.2, -0.15) is 72.8 Å². The van der Waals surface area contributed by atoms with Crippen LogP contribution in [0.1, 0.15) is 0 Å². The molecule has 140 valence electrons. The van der Waals surface area contributed by atoms with E-state index in [-0.39, 0.29) is 18.6 Å². The first-order valence-corrected chi connectivity index (χ1v) is 13.5. The average molecular weight is 422 g/mol.